The van der Waals surface area contributed by atoms with Gasteiger partial charge < -0.3 is 5.32 Å². The lowest BCUT2D eigenvalue weighted by Gasteiger charge is -2.05. The van der Waals surface area contributed by atoms with Gasteiger partial charge in [0.1, 0.15) is 5.82 Å². The Morgan fingerprint density at radius 3 is 2.82 bits per heavy atom. The fourth-order valence-electron chi connectivity index (χ4n) is 1.19. The van der Waals surface area contributed by atoms with E-state index in [0.717, 1.165) is 0 Å². The first-order valence-electron chi connectivity index (χ1n) is 4.56. The monoisotopic (exact) mass is 271 g/mol. The predicted molar refractivity (Wildman–Crippen MR) is 63.2 cm³/mol. The van der Waals surface area contributed by atoms with Crippen LogP contribution in [0.1, 0.15) is 10.4 Å². The van der Waals surface area contributed by atoms with E-state index in [0.29, 0.717) is 5.82 Å². The molecule has 0 radical (unpaired) electrons. The van der Waals surface area contributed by atoms with E-state index in [4.69, 9.17) is 23.2 Å². The Kier molecular flexibility index (Phi) is 3.26. The molecule has 2 heterocycles. The molecule has 0 atom stereocenters. The van der Waals surface area contributed by atoms with Crippen LogP contribution in [0.3, 0.4) is 0 Å². The topological polar surface area (TPSA) is 72.7 Å². The summed E-state index contributed by atoms with van der Waals surface area (Å²) in [5.74, 6) is 0.120. The molecule has 17 heavy (non-hydrogen) atoms. The zero-order valence-corrected chi connectivity index (χ0v) is 10.2. The molecule has 0 fully saturated rings. The summed E-state index contributed by atoms with van der Waals surface area (Å²) >= 11 is 11.4. The molecular formula is C9H7Cl2N5O. The lowest BCUT2D eigenvalue weighted by Crippen LogP contribution is -2.15. The number of rotatable bonds is 2. The summed E-state index contributed by atoms with van der Waals surface area (Å²) in [4.78, 5) is 11.9. The van der Waals surface area contributed by atoms with E-state index in [2.05, 4.69) is 20.6 Å². The smallest absolute Gasteiger partial charge is 0.260 e. The predicted octanol–water partition coefficient (Wildman–Crippen LogP) is 1.77. The minimum atomic E-state index is -0.421. The van der Waals surface area contributed by atoms with Crippen LogP contribution in [0, 0.1) is 0 Å². The summed E-state index contributed by atoms with van der Waals surface area (Å²) in [7, 11) is 1.70. The molecule has 2 aromatic heterocycles. The maximum absolute atomic E-state index is 11.9. The Hall–Kier alpha value is -1.66. The van der Waals surface area contributed by atoms with Crippen LogP contribution >= 0.6 is 23.2 Å². The molecule has 6 nitrogen and oxygen atoms in total. The average molecular weight is 272 g/mol. The fourth-order valence-corrected chi connectivity index (χ4v) is 1.52. The molecule has 0 bridgehead atoms. The first-order valence-corrected chi connectivity index (χ1v) is 5.31. The van der Waals surface area contributed by atoms with Crippen LogP contribution in [-0.2, 0) is 7.05 Å². The van der Waals surface area contributed by atoms with Gasteiger partial charge in [-0.15, -0.1) is 10.2 Å². The van der Waals surface area contributed by atoms with Crippen molar-refractivity contribution in [3.63, 3.8) is 0 Å². The van der Waals surface area contributed by atoms with Gasteiger partial charge in [-0.05, 0) is 6.07 Å². The Labute approximate surface area is 107 Å². The highest BCUT2D eigenvalue weighted by Crippen LogP contribution is 2.17. The molecule has 8 heteroatoms. The third-order valence-electron chi connectivity index (χ3n) is 2.03. The van der Waals surface area contributed by atoms with Crippen LogP contribution in [0.25, 0.3) is 0 Å². The van der Waals surface area contributed by atoms with Gasteiger partial charge in [-0.25, -0.2) is 0 Å². The number of halogens is 2. The zero-order chi connectivity index (χ0) is 12.4. The van der Waals surface area contributed by atoms with Gasteiger partial charge in [0.2, 0.25) is 0 Å². The van der Waals surface area contributed by atoms with Gasteiger partial charge in [-0.3, -0.25) is 9.48 Å². The van der Waals surface area contributed by atoms with Gasteiger partial charge in [-0.2, -0.15) is 5.10 Å². The highest BCUT2D eigenvalue weighted by Gasteiger charge is 2.14. The maximum Gasteiger partial charge on any atom is 0.260 e. The van der Waals surface area contributed by atoms with E-state index < -0.39 is 5.91 Å². The summed E-state index contributed by atoms with van der Waals surface area (Å²) in [5.41, 5.74) is 0.160. The van der Waals surface area contributed by atoms with E-state index in [1.54, 1.807) is 19.3 Å². The van der Waals surface area contributed by atoms with Gasteiger partial charge in [0.05, 0.1) is 11.8 Å². The molecule has 0 unspecified atom stereocenters. The first kappa shape index (κ1) is 11.8. The lowest BCUT2D eigenvalue weighted by atomic mass is 10.3. The Morgan fingerprint density at radius 1 is 1.41 bits per heavy atom. The lowest BCUT2D eigenvalue weighted by molar-refractivity contribution is 0.102. The van der Waals surface area contributed by atoms with Crippen molar-refractivity contribution < 1.29 is 4.79 Å². The van der Waals surface area contributed by atoms with Crippen LogP contribution in [0.5, 0.6) is 0 Å². The normalized spacial score (nSPS) is 10.3. The summed E-state index contributed by atoms with van der Waals surface area (Å²) in [5, 5.41) is 13.7. The van der Waals surface area contributed by atoms with Crippen molar-refractivity contribution in [1.29, 1.82) is 0 Å². The molecule has 88 valence electrons. The zero-order valence-electron chi connectivity index (χ0n) is 8.69. The summed E-state index contributed by atoms with van der Waals surface area (Å²) < 4.78 is 1.52. The number of nitrogens with one attached hydrogen (secondary N) is 1. The third-order valence-corrected chi connectivity index (χ3v) is 2.49. The van der Waals surface area contributed by atoms with Crippen molar-refractivity contribution in [2.45, 2.75) is 0 Å². The molecule has 0 aliphatic heterocycles. The molecule has 0 aliphatic rings. The fraction of sp³-hybridized carbons (Fsp3) is 0.111. The van der Waals surface area contributed by atoms with Crippen LogP contribution < -0.4 is 5.32 Å². The van der Waals surface area contributed by atoms with Crippen LogP contribution in [-0.4, -0.2) is 25.9 Å². The van der Waals surface area contributed by atoms with E-state index in [1.165, 1.54) is 10.7 Å². The summed E-state index contributed by atoms with van der Waals surface area (Å²) in [6.07, 6.45) is 1.56. The van der Waals surface area contributed by atoms with Crippen molar-refractivity contribution in [3.8, 4) is 0 Å². The van der Waals surface area contributed by atoms with E-state index in [-0.39, 0.29) is 15.9 Å². The Bertz CT molecular complexity index is 568. The summed E-state index contributed by atoms with van der Waals surface area (Å²) in [6.45, 7) is 0. The van der Waals surface area contributed by atoms with Crippen molar-refractivity contribution in [2.24, 2.45) is 7.05 Å². The number of anilines is 1. The second-order valence-electron chi connectivity index (χ2n) is 3.17. The molecule has 0 saturated carbocycles. The largest absolute Gasteiger partial charge is 0.307 e. The Balaban J connectivity index is 2.26. The molecule has 1 N–H and O–H groups in total. The third kappa shape index (κ3) is 2.54. The summed E-state index contributed by atoms with van der Waals surface area (Å²) in [6, 6.07) is 3.00. The number of carbonyl (C=O) groups is 1. The average Bonchev–Trinajstić information content (AvgIpc) is 2.68. The highest BCUT2D eigenvalue weighted by atomic mass is 35.5. The minimum Gasteiger partial charge on any atom is -0.307 e. The Morgan fingerprint density at radius 2 is 2.18 bits per heavy atom. The van der Waals surface area contributed by atoms with E-state index in [9.17, 15) is 4.79 Å². The van der Waals surface area contributed by atoms with Crippen molar-refractivity contribution in [2.75, 3.05) is 5.32 Å². The van der Waals surface area contributed by atoms with Crippen LogP contribution in [0.15, 0.2) is 18.3 Å². The van der Waals surface area contributed by atoms with Gasteiger partial charge in [0.25, 0.3) is 5.91 Å². The molecular weight excluding hydrogens is 265 g/mol. The number of hydrogen-bond donors (Lipinski definition) is 1. The number of aromatic nitrogens is 4. The van der Waals surface area contributed by atoms with Crippen molar-refractivity contribution in [3.05, 3.63) is 34.2 Å². The number of hydrogen-bond acceptors (Lipinski definition) is 4. The SMILES string of the molecule is Cn1nccc1NC(=O)c1cc(Cl)nnc1Cl. The number of carbonyl (C=O) groups excluding carboxylic acids is 1. The van der Waals surface area contributed by atoms with Gasteiger partial charge in [-0.1, -0.05) is 23.2 Å². The van der Waals surface area contributed by atoms with Gasteiger partial charge in [0.15, 0.2) is 10.3 Å². The van der Waals surface area contributed by atoms with Gasteiger partial charge >= 0.3 is 0 Å². The highest BCUT2D eigenvalue weighted by molar-refractivity contribution is 6.34. The second kappa shape index (κ2) is 4.68. The standard InChI is InChI=1S/C9H7Cl2N5O/c1-16-7(2-3-12-16)13-9(17)5-4-6(10)14-15-8(5)11/h2-4H,1H3,(H,13,17). The molecule has 0 saturated heterocycles. The minimum absolute atomic E-state index is 0.00549. The van der Waals surface area contributed by atoms with Crippen LogP contribution in [0.4, 0.5) is 5.82 Å². The van der Waals surface area contributed by atoms with Crippen molar-refractivity contribution >= 4 is 34.9 Å². The van der Waals surface area contributed by atoms with E-state index in [1.807, 2.05) is 0 Å². The number of aryl methyl sites for hydroxylation is 1. The van der Waals surface area contributed by atoms with Crippen LogP contribution in [0.2, 0.25) is 10.3 Å². The van der Waals surface area contributed by atoms with Gasteiger partial charge in [0, 0.05) is 13.1 Å². The number of amides is 1. The molecule has 2 rings (SSSR count). The van der Waals surface area contributed by atoms with E-state index >= 15 is 0 Å². The molecule has 0 spiro atoms. The second-order valence-corrected chi connectivity index (χ2v) is 3.91. The molecule has 0 aromatic carbocycles. The molecule has 1 amide bonds. The number of nitrogens with zero attached hydrogens (tertiary/aromatic N) is 4. The van der Waals surface area contributed by atoms with Crippen molar-refractivity contribution in [1.82, 2.24) is 20.0 Å². The molecule has 2 aromatic rings. The molecule has 0 aliphatic carbocycles. The first-order chi connectivity index (χ1) is 8.08. The maximum atomic E-state index is 11.9. The quantitative estimate of drug-likeness (QED) is 0.904.